The zero-order valence-corrected chi connectivity index (χ0v) is 18.0. The van der Waals surface area contributed by atoms with Gasteiger partial charge in [0, 0.05) is 35.9 Å². The smallest absolute Gasteiger partial charge is 0.288 e. The SMILES string of the molecule is C[C@H]1CN(Cn2nc(-c3cccnc3)n(-c3ccc(SC(F)F)cc3)c2=S)CCO1. The molecule has 6 nitrogen and oxygen atoms in total. The molecule has 1 saturated heterocycles. The van der Waals surface area contributed by atoms with E-state index in [1.807, 2.05) is 23.6 Å². The van der Waals surface area contributed by atoms with Gasteiger partial charge in [0.25, 0.3) is 5.76 Å². The van der Waals surface area contributed by atoms with Crippen molar-refractivity contribution in [2.45, 2.75) is 30.3 Å². The van der Waals surface area contributed by atoms with E-state index >= 15 is 0 Å². The Morgan fingerprint density at radius 2 is 2.07 bits per heavy atom. The summed E-state index contributed by atoms with van der Waals surface area (Å²) in [6.45, 7) is 4.88. The Balaban J connectivity index is 1.72. The van der Waals surface area contributed by atoms with E-state index in [0.29, 0.717) is 40.5 Å². The molecule has 0 amide bonds. The molecule has 0 spiro atoms. The number of nitrogens with zero attached hydrogens (tertiary/aromatic N) is 5. The number of thioether (sulfide) groups is 1. The Labute approximate surface area is 182 Å². The van der Waals surface area contributed by atoms with Gasteiger partial charge in [0.2, 0.25) is 4.77 Å². The normalized spacial score (nSPS) is 17.5. The Kier molecular flexibility index (Phi) is 6.57. The second kappa shape index (κ2) is 9.34. The van der Waals surface area contributed by atoms with Crippen LogP contribution in [0.4, 0.5) is 8.78 Å². The Hall–Kier alpha value is -2.14. The highest BCUT2D eigenvalue weighted by Crippen LogP contribution is 2.28. The van der Waals surface area contributed by atoms with Crippen LogP contribution >= 0.6 is 24.0 Å². The lowest BCUT2D eigenvalue weighted by Crippen LogP contribution is -2.42. The van der Waals surface area contributed by atoms with Gasteiger partial charge in [-0.15, -0.1) is 5.10 Å². The quantitative estimate of drug-likeness (QED) is 0.409. The summed E-state index contributed by atoms with van der Waals surface area (Å²) in [7, 11) is 0. The number of rotatable bonds is 6. The molecular weight excluding hydrogens is 428 g/mol. The number of hydrogen-bond acceptors (Lipinski definition) is 6. The molecule has 1 atom stereocenters. The zero-order chi connectivity index (χ0) is 21.1. The zero-order valence-electron chi connectivity index (χ0n) is 16.3. The van der Waals surface area contributed by atoms with Crippen LogP contribution in [0.15, 0.2) is 53.7 Å². The average Bonchev–Trinajstić information content (AvgIpc) is 3.05. The summed E-state index contributed by atoms with van der Waals surface area (Å²) < 4.78 is 35.1. The molecule has 10 heteroatoms. The van der Waals surface area contributed by atoms with Gasteiger partial charge in [0.05, 0.1) is 25.1 Å². The van der Waals surface area contributed by atoms with Gasteiger partial charge in [0.15, 0.2) is 5.82 Å². The van der Waals surface area contributed by atoms with Crippen LogP contribution in [0, 0.1) is 4.77 Å². The number of ether oxygens (including phenoxy) is 1. The number of alkyl halides is 2. The van der Waals surface area contributed by atoms with Crippen LogP contribution in [0.2, 0.25) is 0 Å². The van der Waals surface area contributed by atoms with Crippen molar-refractivity contribution < 1.29 is 13.5 Å². The Morgan fingerprint density at radius 3 is 2.73 bits per heavy atom. The first-order valence-corrected chi connectivity index (χ1v) is 10.8. The second-order valence-corrected chi connectivity index (χ2v) is 8.38. The van der Waals surface area contributed by atoms with Crippen LogP contribution < -0.4 is 0 Å². The molecule has 2 aromatic heterocycles. The standard InChI is InChI=1S/C20H21F2N5OS2/c1-14-12-25(9-10-28-14)13-26-20(29)27(18(24-26)15-3-2-8-23-11-15)16-4-6-17(7-5-16)30-19(21)22/h2-8,11,14,19H,9-10,12-13H2,1H3/t14-/m0/s1. The summed E-state index contributed by atoms with van der Waals surface area (Å²) in [5.41, 5.74) is 1.59. The highest BCUT2D eigenvalue weighted by molar-refractivity contribution is 7.99. The molecule has 158 valence electrons. The largest absolute Gasteiger partial charge is 0.376 e. The molecule has 1 aliphatic rings. The molecule has 0 aliphatic carbocycles. The van der Waals surface area contributed by atoms with Crippen molar-refractivity contribution in [3.63, 3.8) is 0 Å². The van der Waals surface area contributed by atoms with Gasteiger partial charge in [-0.2, -0.15) is 8.78 Å². The molecule has 30 heavy (non-hydrogen) atoms. The van der Waals surface area contributed by atoms with Crippen LogP contribution in [0.25, 0.3) is 17.1 Å². The fourth-order valence-electron chi connectivity index (χ4n) is 3.40. The van der Waals surface area contributed by atoms with E-state index in [0.717, 1.165) is 24.3 Å². The van der Waals surface area contributed by atoms with E-state index in [2.05, 4.69) is 9.88 Å². The van der Waals surface area contributed by atoms with Crippen molar-refractivity contribution in [1.29, 1.82) is 0 Å². The van der Waals surface area contributed by atoms with Crippen LogP contribution in [0.5, 0.6) is 0 Å². The maximum atomic E-state index is 12.7. The molecule has 1 fully saturated rings. The number of hydrogen-bond donors (Lipinski definition) is 0. The summed E-state index contributed by atoms with van der Waals surface area (Å²) in [5, 5.41) is 4.77. The predicted octanol–water partition coefficient (Wildman–Crippen LogP) is 4.46. The van der Waals surface area contributed by atoms with Crippen LogP contribution in [-0.2, 0) is 11.4 Å². The van der Waals surface area contributed by atoms with Crippen LogP contribution in [-0.4, -0.2) is 55.8 Å². The first-order valence-electron chi connectivity index (χ1n) is 9.51. The predicted molar refractivity (Wildman–Crippen MR) is 114 cm³/mol. The number of pyridine rings is 1. The summed E-state index contributed by atoms with van der Waals surface area (Å²) in [5.74, 6) is -1.80. The van der Waals surface area contributed by atoms with Gasteiger partial charge < -0.3 is 4.74 Å². The number of benzene rings is 1. The molecule has 3 aromatic rings. The number of aromatic nitrogens is 4. The van der Waals surface area contributed by atoms with E-state index in [-0.39, 0.29) is 6.10 Å². The lowest BCUT2D eigenvalue weighted by Gasteiger charge is -2.30. The highest BCUT2D eigenvalue weighted by atomic mass is 32.2. The number of morpholine rings is 1. The van der Waals surface area contributed by atoms with Gasteiger partial charge in [-0.05, 0) is 55.5 Å². The maximum Gasteiger partial charge on any atom is 0.288 e. The van der Waals surface area contributed by atoms with Gasteiger partial charge >= 0.3 is 0 Å². The van der Waals surface area contributed by atoms with Gasteiger partial charge in [-0.1, -0.05) is 11.8 Å². The Bertz CT molecular complexity index is 1040. The molecule has 0 radical (unpaired) electrons. The topological polar surface area (TPSA) is 48.1 Å². The van der Waals surface area contributed by atoms with Crippen molar-refractivity contribution in [2.24, 2.45) is 0 Å². The third-order valence-electron chi connectivity index (χ3n) is 4.74. The van der Waals surface area contributed by atoms with Crippen molar-refractivity contribution in [3.05, 3.63) is 53.6 Å². The minimum atomic E-state index is -2.46. The third kappa shape index (κ3) is 4.77. The lowest BCUT2D eigenvalue weighted by atomic mass is 10.2. The second-order valence-electron chi connectivity index (χ2n) is 6.96. The molecule has 0 saturated carbocycles. The van der Waals surface area contributed by atoms with E-state index in [9.17, 15) is 8.78 Å². The summed E-state index contributed by atoms with van der Waals surface area (Å²) in [6, 6.07) is 10.7. The third-order valence-corrected chi connectivity index (χ3v) is 5.85. The highest BCUT2D eigenvalue weighted by Gasteiger charge is 2.20. The average molecular weight is 450 g/mol. The van der Waals surface area contributed by atoms with Crippen LogP contribution in [0.1, 0.15) is 6.92 Å². The summed E-state index contributed by atoms with van der Waals surface area (Å²) >= 11 is 6.27. The molecule has 0 unspecified atom stereocenters. The molecule has 3 heterocycles. The van der Waals surface area contributed by atoms with Gasteiger partial charge in [-0.25, -0.2) is 4.68 Å². The van der Waals surface area contributed by atoms with Gasteiger partial charge in [-0.3, -0.25) is 14.5 Å². The van der Waals surface area contributed by atoms with Crippen molar-refractivity contribution in [3.8, 4) is 17.1 Å². The lowest BCUT2D eigenvalue weighted by molar-refractivity contribution is -0.0306. The van der Waals surface area contributed by atoms with Crippen LogP contribution in [0.3, 0.4) is 0 Å². The minimum absolute atomic E-state index is 0.160. The molecule has 0 bridgehead atoms. The first kappa shape index (κ1) is 21.1. The molecule has 0 N–H and O–H groups in total. The summed E-state index contributed by atoms with van der Waals surface area (Å²) in [6.07, 6.45) is 3.59. The fraction of sp³-hybridized carbons (Fsp3) is 0.350. The van der Waals surface area contributed by atoms with E-state index in [1.54, 1.807) is 41.3 Å². The monoisotopic (exact) mass is 449 g/mol. The van der Waals surface area contributed by atoms with Crippen molar-refractivity contribution in [1.82, 2.24) is 24.2 Å². The first-order chi connectivity index (χ1) is 14.5. The summed E-state index contributed by atoms with van der Waals surface area (Å²) in [4.78, 5) is 6.94. The molecule has 1 aliphatic heterocycles. The van der Waals surface area contributed by atoms with Gasteiger partial charge in [0.1, 0.15) is 0 Å². The molecular formula is C20H21F2N5OS2. The van der Waals surface area contributed by atoms with E-state index in [4.69, 9.17) is 22.1 Å². The maximum absolute atomic E-state index is 12.7. The fourth-order valence-corrected chi connectivity index (χ4v) is 4.19. The Morgan fingerprint density at radius 1 is 1.27 bits per heavy atom. The molecule has 1 aromatic carbocycles. The van der Waals surface area contributed by atoms with E-state index < -0.39 is 5.76 Å². The van der Waals surface area contributed by atoms with Crippen molar-refractivity contribution >= 4 is 24.0 Å². The van der Waals surface area contributed by atoms with E-state index in [1.165, 1.54) is 0 Å². The minimum Gasteiger partial charge on any atom is -0.376 e. The number of halogens is 2. The molecule has 4 rings (SSSR count). The van der Waals surface area contributed by atoms with Crippen molar-refractivity contribution in [2.75, 3.05) is 19.7 Å².